The summed E-state index contributed by atoms with van der Waals surface area (Å²) in [5.74, 6) is 0.924. The Morgan fingerprint density at radius 2 is 1.94 bits per heavy atom. The van der Waals surface area contributed by atoms with Crippen molar-refractivity contribution in [2.75, 3.05) is 18.5 Å². The van der Waals surface area contributed by atoms with Crippen molar-refractivity contribution in [3.05, 3.63) is 53.2 Å². The SMILES string of the molecule is C[C@@H]1CNc2c(sc3ccc4nc(-c5ccc([C@H]6CC[C@H](CO)CC6)nc5)ccc4c23)C(=O)N1. The van der Waals surface area contributed by atoms with Gasteiger partial charge in [0, 0.05) is 58.0 Å². The van der Waals surface area contributed by atoms with Crippen LogP contribution in [0.2, 0.25) is 0 Å². The second-order valence-corrected chi connectivity index (χ2v) is 10.7. The number of aromatic nitrogens is 2. The van der Waals surface area contributed by atoms with Gasteiger partial charge in [0.2, 0.25) is 0 Å². The van der Waals surface area contributed by atoms with Crippen molar-refractivity contribution in [1.29, 1.82) is 0 Å². The van der Waals surface area contributed by atoms with Gasteiger partial charge in [0.05, 0.1) is 16.9 Å². The fraction of sp³-hybridized carbons (Fsp3) is 0.370. The maximum Gasteiger partial charge on any atom is 0.263 e. The third-order valence-corrected chi connectivity index (χ3v) is 8.45. The molecule has 2 aliphatic rings. The molecule has 174 valence electrons. The van der Waals surface area contributed by atoms with Crippen LogP contribution < -0.4 is 10.6 Å². The first-order chi connectivity index (χ1) is 16.6. The Morgan fingerprint density at radius 1 is 1.09 bits per heavy atom. The molecule has 3 aromatic heterocycles. The van der Waals surface area contributed by atoms with Crippen LogP contribution in [-0.4, -0.2) is 40.2 Å². The van der Waals surface area contributed by atoms with Crippen molar-refractivity contribution in [1.82, 2.24) is 15.3 Å². The van der Waals surface area contributed by atoms with E-state index in [9.17, 15) is 9.90 Å². The number of hydrogen-bond donors (Lipinski definition) is 3. The van der Waals surface area contributed by atoms with Gasteiger partial charge in [-0.15, -0.1) is 11.3 Å². The molecular formula is C27H28N4O2S. The predicted molar refractivity (Wildman–Crippen MR) is 138 cm³/mol. The first kappa shape index (κ1) is 21.5. The summed E-state index contributed by atoms with van der Waals surface area (Å²) in [6, 6.07) is 12.6. The van der Waals surface area contributed by atoms with Crippen LogP contribution in [-0.2, 0) is 0 Å². The molecule has 0 radical (unpaired) electrons. The number of benzene rings is 1. The zero-order valence-corrected chi connectivity index (χ0v) is 20.0. The molecule has 1 amide bonds. The average Bonchev–Trinajstić information content (AvgIpc) is 3.20. The van der Waals surface area contributed by atoms with E-state index >= 15 is 0 Å². The molecule has 0 bridgehead atoms. The van der Waals surface area contributed by atoms with Crippen LogP contribution in [0.1, 0.15) is 53.9 Å². The number of thiophene rings is 1. The van der Waals surface area contributed by atoms with E-state index < -0.39 is 0 Å². The standard InChI is InChI=1S/C27H28N4O2S/c1-15-12-29-25-24-19-7-9-21(31-22(19)10-11-23(24)34-26(25)27(33)30-15)18-6-8-20(28-13-18)17-4-2-16(14-32)3-5-17/h6-11,13,15-17,29,32H,2-5,12,14H2,1H3,(H,30,33)/t15-,16-,17-/m1/s1. The van der Waals surface area contributed by atoms with Gasteiger partial charge in [0.25, 0.3) is 5.91 Å². The fourth-order valence-corrected chi connectivity index (χ4v) is 6.42. The number of aliphatic hydroxyl groups is 1. The predicted octanol–water partition coefficient (Wildman–Crippen LogP) is 5.32. The first-order valence-corrected chi connectivity index (χ1v) is 12.9. The Labute approximate surface area is 202 Å². The lowest BCUT2D eigenvalue weighted by molar-refractivity contribution is 0.0949. The van der Waals surface area contributed by atoms with Gasteiger partial charge in [-0.3, -0.25) is 9.78 Å². The van der Waals surface area contributed by atoms with Gasteiger partial charge >= 0.3 is 0 Å². The van der Waals surface area contributed by atoms with Gasteiger partial charge in [-0.1, -0.05) is 0 Å². The van der Waals surface area contributed by atoms with E-state index in [4.69, 9.17) is 9.97 Å². The lowest BCUT2D eigenvalue weighted by Crippen LogP contribution is -2.34. The summed E-state index contributed by atoms with van der Waals surface area (Å²) in [6.45, 7) is 3.01. The maximum atomic E-state index is 12.7. The summed E-state index contributed by atoms with van der Waals surface area (Å²) in [6.07, 6.45) is 6.28. The molecule has 3 N–H and O–H groups in total. The molecule has 6 rings (SSSR count). The van der Waals surface area contributed by atoms with Crippen molar-refractivity contribution in [2.45, 2.75) is 44.6 Å². The number of nitrogens with one attached hydrogen (secondary N) is 2. The Hall–Kier alpha value is -3.03. The quantitative estimate of drug-likeness (QED) is 0.376. The number of carbonyl (C=O) groups excluding carboxylic acids is 1. The number of fused-ring (bicyclic) bond motifs is 5. The minimum absolute atomic E-state index is 0.0116. The number of carbonyl (C=O) groups is 1. The maximum absolute atomic E-state index is 12.7. The van der Waals surface area contributed by atoms with Crippen LogP contribution in [0.4, 0.5) is 5.69 Å². The van der Waals surface area contributed by atoms with Crippen LogP contribution in [0.5, 0.6) is 0 Å². The average molecular weight is 473 g/mol. The number of amides is 1. The molecule has 1 aliphatic carbocycles. The van der Waals surface area contributed by atoms with Crippen molar-refractivity contribution in [3.8, 4) is 11.3 Å². The molecular weight excluding hydrogens is 444 g/mol. The number of rotatable bonds is 3. The van der Waals surface area contributed by atoms with Crippen LogP contribution in [0.3, 0.4) is 0 Å². The van der Waals surface area contributed by atoms with Crippen molar-refractivity contribution >= 4 is 43.9 Å². The van der Waals surface area contributed by atoms with E-state index in [1.54, 1.807) is 0 Å². The number of pyridine rings is 2. The second kappa shape index (κ2) is 8.64. The highest BCUT2D eigenvalue weighted by Gasteiger charge is 2.25. The Morgan fingerprint density at radius 3 is 2.71 bits per heavy atom. The minimum Gasteiger partial charge on any atom is -0.396 e. The summed E-state index contributed by atoms with van der Waals surface area (Å²) in [5, 5.41) is 18.0. The summed E-state index contributed by atoms with van der Waals surface area (Å²) in [7, 11) is 0. The van der Waals surface area contributed by atoms with Gasteiger partial charge in [-0.2, -0.15) is 0 Å². The van der Waals surface area contributed by atoms with E-state index in [1.807, 2.05) is 25.3 Å². The van der Waals surface area contributed by atoms with Crippen LogP contribution in [0.15, 0.2) is 42.6 Å². The van der Waals surface area contributed by atoms with E-state index in [1.165, 1.54) is 11.3 Å². The molecule has 1 saturated carbocycles. The topological polar surface area (TPSA) is 87.1 Å². The van der Waals surface area contributed by atoms with Crippen LogP contribution >= 0.6 is 11.3 Å². The third-order valence-electron chi connectivity index (χ3n) is 7.30. The molecule has 0 unspecified atom stereocenters. The normalized spacial score (nSPS) is 22.8. The minimum atomic E-state index is -0.0116. The summed E-state index contributed by atoms with van der Waals surface area (Å²) in [5.41, 5.74) is 4.88. The number of anilines is 1. The van der Waals surface area contributed by atoms with Crippen LogP contribution in [0, 0.1) is 5.92 Å². The fourth-order valence-electron chi connectivity index (χ4n) is 5.33. The van der Waals surface area contributed by atoms with E-state index in [-0.39, 0.29) is 11.9 Å². The Bertz CT molecular complexity index is 1370. The monoisotopic (exact) mass is 472 g/mol. The molecule has 1 atom stereocenters. The Balaban J connectivity index is 1.33. The molecule has 34 heavy (non-hydrogen) atoms. The number of nitrogens with zero attached hydrogens (tertiary/aromatic N) is 2. The molecule has 4 heterocycles. The molecule has 1 aromatic carbocycles. The molecule has 1 fully saturated rings. The lowest BCUT2D eigenvalue weighted by atomic mass is 9.80. The summed E-state index contributed by atoms with van der Waals surface area (Å²) in [4.78, 5) is 23.1. The smallest absolute Gasteiger partial charge is 0.263 e. The Kier molecular flexibility index (Phi) is 5.46. The van der Waals surface area contributed by atoms with E-state index in [0.717, 1.165) is 74.2 Å². The first-order valence-electron chi connectivity index (χ1n) is 12.1. The van der Waals surface area contributed by atoms with Crippen molar-refractivity contribution < 1.29 is 9.90 Å². The van der Waals surface area contributed by atoms with E-state index in [2.05, 4.69) is 34.9 Å². The number of hydrogen-bond acceptors (Lipinski definition) is 6. The summed E-state index contributed by atoms with van der Waals surface area (Å²) < 4.78 is 1.09. The molecule has 6 nitrogen and oxygen atoms in total. The van der Waals surface area contributed by atoms with Crippen molar-refractivity contribution in [3.63, 3.8) is 0 Å². The lowest BCUT2D eigenvalue weighted by Gasteiger charge is -2.26. The molecule has 7 heteroatoms. The van der Waals surface area contributed by atoms with Gasteiger partial charge in [-0.25, -0.2) is 4.98 Å². The molecule has 4 aromatic rings. The zero-order chi connectivity index (χ0) is 23.2. The highest BCUT2D eigenvalue weighted by Crippen LogP contribution is 2.41. The highest BCUT2D eigenvalue weighted by atomic mass is 32.1. The third kappa shape index (κ3) is 3.73. The van der Waals surface area contributed by atoms with Gasteiger partial charge < -0.3 is 15.7 Å². The van der Waals surface area contributed by atoms with Crippen LogP contribution in [0.25, 0.3) is 32.2 Å². The zero-order valence-electron chi connectivity index (χ0n) is 19.2. The van der Waals surface area contributed by atoms with Crippen molar-refractivity contribution in [2.24, 2.45) is 5.92 Å². The van der Waals surface area contributed by atoms with Gasteiger partial charge in [-0.05, 0) is 74.9 Å². The second-order valence-electron chi connectivity index (χ2n) is 9.64. The largest absolute Gasteiger partial charge is 0.396 e. The van der Waals surface area contributed by atoms with E-state index in [0.29, 0.717) is 25.0 Å². The molecule has 0 spiro atoms. The molecule has 1 aliphatic heterocycles. The number of aliphatic hydroxyl groups excluding tert-OH is 1. The molecule has 0 saturated heterocycles. The highest BCUT2D eigenvalue weighted by molar-refractivity contribution is 7.21. The summed E-state index contributed by atoms with van der Waals surface area (Å²) >= 11 is 1.53. The van der Waals surface area contributed by atoms with Gasteiger partial charge in [0.1, 0.15) is 4.88 Å². The van der Waals surface area contributed by atoms with Gasteiger partial charge in [0.15, 0.2) is 0 Å².